The SMILES string of the molecule is CC(=O)O[C@@]1(C)CCCC(C)(C)[C@]12CC[C@H](C)O2. The van der Waals surface area contributed by atoms with Crippen molar-refractivity contribution in [2.45, 2.75) is 84.0 Å². The zero-order chi connectivity index (χ0) is 13.6. The van der Waals surface area contributed by atoms with Crippen LogP contribution in [-0.4, -0.2) is 23.3 Å². The number of hydrogen-bond acceptors (Lipinski definition) is 3. The van der Waals surface area contributed by atoms with Crippen LogP contribution < -0.4 is 0 Å². The molecule has 0 aromatic carbocycles. The van der Waals surface area contributed by atoms with E-state index in [4.69, 9.17) is 9.47 Å². The molecule has 0 bridgehead atoms. The van der Waals surface area contributed by atoms with Crippen LogP contribution in [-0.2, 0) is 14.3 Å². The predicted molar refractivity (Wildman–Crippen MR) is 70.3 cm³/mol. The molecule has 0 amide bonds. The zero-order valence-corrected chi connectivity index (χ0v) is 12.3. The number of hydrogen-bond donors (Lipinski definition) is 0. The van der Waals surface area contributed by atoms with Crippen molar-refractivity contribution in [1.82, 2.24) is 0 Å². The van der Waals surface area contributed by atoms with Crippen molar-refractivity contribution in [3.05, 3.63) is 0 Å². The Morgan fingerprint density at radius 3 is 2.39 bits per heavy atom. The summed E-state index contributed by atoms with van der Waals surface area (Å²) in [6, 6.07) is 0. The van der Waals surface area contributed by atoms with E-state index in [0.717, 1.165) is 32.1 Å². The van der Waals surface area contributed by atoms with E-state index in [9.17, 15) is 4.79 Å². The van der Waals surface area contributed by atoms with Crippen LogP contribution in [0, 0.1) is 5.41 Å². The summed E-state index contributed by atoms with van der Waals surface area (Å²) in [7, 11) is 0. The highest BCUT2D eigenvalue weighted by Gasteiger charge is 2.64. The third kappa shape index (κ3) is 1.87. The third-order valence-corrected chi connectivity index (χ3v) is 5.08. The van der Waals surface area contributed by atoms with Crippen molar-refractivity contribution >= 4 is 5.97 Å². The Morgan fingerprint density at radius 1 is 1.22 bits per heavy atom. The smallest absolute Gasteiger partial charge is 0.303 e. The average Bonchev–Trinajstić information content (AvgIpc) is 2.59. The van der Waals surface area contributed by atoms with Crippen LogP contribution in [0.5, 0.6) is 0 Å². The van der Waals surface area contributed by atoms with E-state index >= 15 is 0 Å². The fourth-order valence-corrected chi connectivity index (χ4v) is 4.19. The van der Waals surface area contributed by atoms with E-state index in [0.29, 0.717) is 0 Å². The summed E-state index contributed by atoms with van der Waals surface area (Å²) in [5, 5.41) is 0. The lowest BCUT2D eigenvalue weighted by atomic mass is 9.57. The van der Waals surface area contributed by atoms with Crippen LogP contribution in [0.1, 0.15) is 66.7 Å². The van der Waals surface area contributed by atoms with Crippen LogP contribution in [0.3, 0.4) is 0 Å². The molecular formula is C15H26O3. The number of carbonyl (C=O) groups is 1. The second kappa shape index (κ2) is 4.22. The predicted octanol–water partition coefficient (Wildman–Crippen LogP) is 3.46. The van der Waals surface area contributed by atoms with Gasteiger partial charge >= 0.3 is 5.97 Å². The molecule has 3 nitrogen and oxygen atoms in total. The molecule has 2 aliphatic rings. The molecule has 0 aromatic heterocycles. The van der Waals surface area contributed by atoms with Gasteiger partial charge in [-0.25, -0.2) is 0 Å². The molecule has 18 heavy (non-hydrogen) atoms. The minimum atomic E-state index is -0.481. The van der Waals surface area contributed by atoms with E-state index in [-0.39, 0.29) is 23.1 Å². The Labute approximate surface area is 110 Å². The second-order valence-electron chi connectivity index (χ2n) is 6.86. The highest BCUT2D eigenvalue weighted by molar-refractivity contribution is 5.66. The molecule has 3 atom stereocenters. The molecule has 0 aromatic rings. The van der Waals surface area contributed by atoms with Gasteiger partial charge in [-0.1, -0.05) is 13.8 Å². The molecule has 0 radical (unpaired) electrons. The van der Waals surface area contributed by atoms with Crippen molar-refractivity contribution < 1.29 is 14.3 Å². The summed E-state index contributed by atoms with van der Waals surface area (Å²) < 4.78 is 12.1. The maximum Gasteiger partial charge on any atom is 0.303 e. The van der Waals surface area contributed by atoms with Gasteiger partial charge in [0.25, 0.3) is 0 Å². The quantitative estimate of drug-likeness (QED) is 0.672. The fourth-order valence-electron chi connectivity index (χ4n) is 4.19. The lowest BCUT2D eigenvalue weighted by Gasteiger charge is -2.57. The summed E-state index contributed by atoms with van der Waals surface area (Å²) in [4.78, 5) is 11.5. The Hall–Kier alpha value is -0.570. The van der Waals surface area contributed by atoms with Crippen molar-refractivity contribution in [3.8, 4) is 0 Å². The van der Waals surface area contributed by atoms with Gasteiger partial charge in [0, 0.05) is 6.92 Å². The Kier molecular flexibility index (Phi) is 3.25. The minimum Gasteiger partial charge on any atom is -0.456 e. The number of rotatable bonds is 1. The van der Waals surface area contributed by atoms with Gasteiger partial charge in [0.1, 0.15) is 11.2 Å². The van der Waals surface area contributed by atoms with Crippen molar-refractivity contribution in [2.24, 2.45) is 5.41 Å². The highest BCUT2D eigenvalue weighted by Crippen LogP contribution is 2.58. The average molecular weight is 254 g/mol. The van der Waals surface area contributed by atoms with Gasteiger partial charge in [0.05, 0.1) is 6.10 Å². The first-order chi connectivity index (χ1) is 8.22. The Morgan fingerprint density at radius 2 is 1.89 bits per heavy atom. The van der Waals surface area contributed by atoms with E-state index < -0.39 is 5.60 Å². The second-order valence-corrected chi connectivity index (χ2v) is 6.86. The molecule has 3 heteroatoms. The molecule has 104 valence electrons. The number of esters is 1. The molecule has 2 rings (SSSR count). The van der Waals surface area contributed by atoms with Gasteiger partial charge < -0.3 is 9.47 Å². The fraction of sp³-hybridized carbons (Fsp3) is 0.933. The van der Waals surface area contributed by atoms with E-state index in [2.05, 4.69) is 27.7 Å². The molecule has 0 unspecified atom stereocenters. The molecular weight excluding hydrogens is 228 g/mol. The lowest BCUT2D eigenvalue weighted by Crippen LogP contribution is -2.64. The first-order valence-electron chi connectivity index (χ1n) is 7.10. The summed E-state index contributed by atoms with van der Waals surface area (Å²) in [5.41, 5.74) is -0.741. The first kappa shape index (κ1) is 13.9. The van der Waals surface area contributed by atoms with Gasteiger partial charge in [-0.2, -0.15) is 0 Å². The van der Waals surface area contributed by atoms with Gasteiger partial charge in [0.2, 0.25) is 0 Å². The summed E-state index contributed by atoms with van der Waals surface area (Å²) >= 11 is 0. The number of ether oxygens (including phenoxy) is 2. The van der Waals surface area contributed by atoms with Crippen LogP contribution in [0.25, 0.3) is 0 Å². The molecule has 1 aliphatic carbocycles. The van der Waals surface area contributed by atoms with Crippen molar-refractivity contribution in [1.29, 1.82) is 0 Å². The van der Waals surface area contributed by atoms with Gasteiger partial charge in [0.15, 0.2) is 0 Å². The largest absolute Gasteiger partial charge is 0.456 e. The first-order valence-corrected chi connectivity index (χ1v) is 7.10. The van der Waals surface area contributed by atoms with Gasteiger partial charge in [-0.3, -0.25) is 4.79 Å². The summed E-state index contributed by atoms with van der Waals surface area (Å²) in [6.45, 7) is 10.2. The van der Waals surface area contributed by atoms with Crippen LogP contribution >= 0.6 is 0 Å². The summed E-state index contributed by atoms with van der Waals surface area (Å²) in [5.74, 6) is -0.197. The van der Waals surface area contributed by atoms with Gasteiger partial charge in [-0.15, -0.1) is 0 Å². The van der Waals surface area contributed by atoms with Crippen LogP contribution in [0.2, 0.25) is 0 Å². The standard InChI is InChI=1S/C15H26O3/c1-11-7-10-15(17-11)13(3,4)8-6-9-14(15,5)18-12(2)16/h11H,6-10H2,1-5H3/t11-,14-,15+/m0/s1. The zero-order valence-electron chi connectivity index (χ0n) is 12.3. The van der Waals surface area contributed by atoms with Crippen LogP contribution in [0.4, 0.5) is 0 Å². The molecule has 2 fully saturated rings. The number of carbonyl (C=O) groups excluding carboxylic acids is 1. The third-order valence-electron chi connectivity index (χ3n) is 5.08. The molecule has 1 aliphatic heterocycles. The van der Waals surface area contributed by atoms with Crippen LogP contribution in [0.15, 0.2) is 0 Å². The minimum absolute atomic E-state index is 0.0558. The van der Waals surface area contributed by atoms with E-state index in [1.54, 1.807) is 0 Å². The van der Waals surface area contributed by atoms with E-state index in [1.165, 1.54) is 6.92 Å². The Balaban J connectivity index is 2.40. The topological polar surface area (TPSA) is 35.5 Å². The lowest BCUT2D eigenvalue weighted by molar-refractivity contribution is -0.251. The molecule has 1 saturated carbocycles. The van der Waals surface area contributed by atoms with E-state index in [1.807, 2.05) is 0 Å². The molecule has 1 spiro atoms. The normalized spacial score (nSPS) is 43.1. The maximum atomic E-state index is 11.5. The van der Waals surface area contributed by atoms with Crippen molar-refractivity contribution in [3.63, 3.8) is 0 Å². The summed E-state index contributed by atoms with van der Waals surface area (Å²) in [6.07, 6.45) is 5.44. The Bertz CT molecular complexity index is 350. The highest BCUT2D eigenvalue weighted by atomic mass is 16.6. The molecule has 1 saturated heterocycles. The maximum absolute atomic E-state index is 11.5. The van der Waals surface area contributed by atoms with Crippen molar-refractivity contribution in [2.75, 3.05) is 0 Å². The van der Waals surface area contributed by atoms with Gasteiger partial charge in [-0.05, 0) is 51.4 Å². The monoisotopic (exact) mass is 254 g/mol. The molecule has 0 N–H and O–H groups in total. The molecule has 1 heterocycles.